The van der Waals surface area contributed by atoms with Gasteiger partial charge in [-0.15, -0.1) is 0 Å². The first-order valence-corrected chi connectivity index (χ1v) is 24.0. The molecule has 8 nitrogen and oxygen atoms in total. The summed E-state index contributed by atoms with van der Waals surface area (Å²) in [5, 5.41) is 0. The van der Waals surface area contributed by atoms with Crippen LogP contribution in [0.3, 0.4) is 0 Å². The Balaban J connectivity index is 0.924. The van der Waals surface area contributed by atoms with Crippen LogP contribution in [0.1, 0.15) is 15.9 Å². The van der Waals surface area contributed by atoms with E-state index < -0.39 is 29.2 Å². The smallest absolute Gasteiger partial charge is 0.210 e. The summed E-state index contributed by atoms with van der Waals surface area (Å²) in [6.07, 6.45) is 0. The molecule has 0 bridgehead atoms. The van der Waals surface area contributed by atoms with E-state index >= 15 is 0 Å². The first-order valence-electron chi connectivity index (χ1n) is 19.3. The van der Waals surface area contributed by atoms with Crippen molar-refractivity contribution < 1.29 is 25.8 Å². The van der Waals surface area contributed by atoms with Crippen molar-refractivity contribution in [3.63, 3.8) is 0 Å². The van der Waals surface area contributed by atoms with Gasteiger partial charge in [0.1, 0.15) is 0 Å². The van der Waals surface area contributed by atoms with Crippen LogP contribution in [0, 0.1) is 0 Å². The highest BCUT2D eigenvalue weighted by atomic mass is 32.2. The summed E-state index contributed by atoms with van der Waals surface area (Å²) in [4.78, 5) is 19.4. The van der Waals surface area contributed by atoms with Gasteiger partial charge in [-0.25, -0.2) is 16.8 Å². The Morgan fingerprint density at radius 3 is 1.05 bits per heavy atom. The highest BCUT2D eigenvalue weighted by molar-refractivity contribution is 8.00. The zero-order chi connectivity index (χ0) is 41.8. The standard InChI is InChI=1S/C50H32N2O6S3/c1-59(54)44-14-6-2-10-40(44)51(41-11-3-7-15-45(41)59)36-24-18-32(19-25-36)34-22-28-38-48(30-34)61(57,58)49-31-35(23-29-39(49)50(38)53)33-20-26-37(27-21-33)52-42-12-4-8-16-46(42)60(55,56)47-17-9-5-13-43(47)52/h2-31H,1H2. The van der Waals surface area contributed by atoms with Crippen molar-refractivity contribution >= 4 is 75.0 Å². The summed E-state index contributed by atoms with van der Waals surface area (Å²) in [5.41, 5.74) is 7.11. The molecule has 296 valence electrons. The molecule has 11 heteroatoms. The highest BCUT2D eigenvalue weighted by Crippen LogP contribution is 2.50. The molecule has 8 aromatic carbocycles. The van der Waals surface area contributed by atoms with Gasteiger partial charge < -0.3 is 9.80 Å². The lowest BCUT2D eigenvalue weighted by Gasteiger charge is -2.35. The molecule has 0 saturated carbocycles. The number of fused-ring (bicyclic) bond motifs is 6. The number of para-hydroxylation sites is 4. The summed E-state index contributed by atoms with van der Waals surface area (Å²) in [5.74, 6) is 3.76. The molecule has 3 heterocycles. The van der Waals surface area contributed by atoms with Gasteiger partial charge in [-0.1, -0.05) is 84.9 Å². The number of rotatable bonds is 4. The van der Waals surface area contributed by atoms with Crippen LogP contribution in [0.5, 0.6) is 0 Å². The maximum Gasteiger partial charge on any atom is 0.210 e. The van der Waals surface area contributed by atoms with Crippen molar-refractivity contribution in [2.75, 3.05) is 9.80 Å². The Bertz CT molecular complexity index is 3210. The average Bonchev–Trinajstić information content (AvgIpc) is 3.29. The summed E-state index contributed by atoms with van der Waals surface area (Å²) < 4.78 is 69.9. The van der Waals surface area contributed by atoms with Crippen LogP contribution in [0.15, 0.2) is 211 Å². The van der Waals surface area contributed by atoms with Crippen LogP contribution in [0.25, 0.3) is 22.3 Å². The third-order valence-corrected chi connectivity index (χ3v) is 17.5. The number of hydrogen-bond acceptors (Lipinski definition) is 8. The number of sulfone groups is 2. The number of carbonyl (C=O) groups is 1. The SMILES string of the molecule is C=S1(=O)c2ccccc2N(c2ccc(-c3ccc4c(c3)S(=O)(=O)c3cc(-c5ccc(N6c7ccccc7S(=O)(=O)c7ccccc76)cc5)ccc3C4=O)cc2)c2ccccc21. The van der Waals surface area contributed by atoms with Gasteiger partial charge in [-0.3, -0.25) is 9.00 Å². The molecule has 0 spiro atoms. The van der Waals surface area contributed by atoms with Crippen LogP contribution in [-0.4, -0.2) is 32.7 Å². The Morgan fingerprint density at radius 2 is 0.656 bits per heavy atom. The van der Waals surface area contributed by atoms with Crippen LogP contribution < -0.4 is 9.80 Å². The van der Waals surface area contributed by atoms with Crippen molar-refractivity contribution in [1.29, 1.82) is 0 Å². The summed E-state index contributed by atoms with van der Waals surface area (Å²) >= 11 is 0. The van der Waals surface area contributed by atoms with E-state index in [4.69, 9.17) is 0 Å². The van der Waals surface area contributed by atoms with Crippen molar-refractivity contribution in [2.24, 2.45) is 0 Å². The summed E-state index contributed by atoms with van der Waals surface area (Å²) in [6, 6.07) is 53.8. The van der Waals surface area contributed by atoms with Gasteiger partial charge in [-0.05, 0) is 125 Å². The Labute approximate surface area is 353 Å². The predicted molar refractivity (Wildman–Crippen MR) is 239 cm³/mol. The first-order chi connectivity index (χ1) is 29.4. The quantitative estimate of drug-likeness (QED) is 0.161. The van der Waals surface area contributed by atoms with Gasteiger partial charge >= 0.3 is 0 Å². The van der Waals surface area contributed by atoms with Crippen molar-refractivity contribution in [3.05, 3.63) is 193 Å². The molecular formula is C50H32N2O6S3. The minimum Gasteiger partial charge on any atom is -0.308 e. The molecule has 3 aliphatic heterocycles. The maximum absolute atomic E-state index is 14.5. The Morgan fingerprint density at radius 1 is 0.344 bits per heavy atom. The third kappa shape index (κ3) is 5.44. The first kappa shape index (κ1) is 37.0. The molecule has 3 aliphatic rings. The second kappa shape index (κ2) is 13.2. The molecule has 61 heavy (non-hydrogen) atoms. The minimum absolute atomic E-state index is 0.0550. The minimum atomic E-state index is -4.13. The number of benzene rings is 8. The van der Waals surface area contributed by atoms with E-state index in [1.165, 1.54) is 0 Å². The van der Waals surface area contributed by atoms with Gasteiger partial charge in [-0.2, -0.15) is 0 Å². The fourth-order valence-electron chi connectivity index (χ4n) is 8.73. The molecule has 0 radical (unpaired) electrons. The number of anilines is 6. The molecule has 0 N–H and O–H groups in total. The number of hydrogen-bond donors (Lipinski definition) is 0. The van der Waals surface area contributed by atoms with Crippen LogP contribution >= 0.6 is 0 Å². The molecule has 0 amide bonds. The molecule has 0 aliphatic carbocycles. The molecule has 0 saturated heterocycles. The average molecular weight is 853 g/mol. The van der Waals surface area contributed by atoms with Crippen LogP contribution in [0.4, 0.5) is 34.1 Å². The van der Waals surface area contributed by atoms with E-state index in [9.17, 15) is 25.8 Å². The predicted octanol–water partition coefficient (Wildman–Crippen LogP) is 10.9. The highest BCUT2D eigenvalue weighted by Gasteiger charge is 2.37. The van der Waals surface area contributed by atoms with E-state index in [0.29, 0.717) is 32.3 Å². The lowest BCUT2D eigenvalue weighted by Crippen LogP contribution is -2.22. The van der Waals surface area contributed by atoms with Gasteiger partial charge in [0, 0.05) is 32.0 Å². The number of ketones is 1. The van der Waals surface area contributed by atoms with E-state index in [0.717, 1.165) is 33.9 Å². The van der Waals surface area contributed by atoms with Gasteiger partial charge in [0.25, 0.3) is 0 Å². The zero-order valence-electron chi connectivity index (χ0n) is 32.1. The molecule has 0 aromatic heterocycles. The Hall–Kier alpha value is -7.05. The molecule has 0 unspecified atom stereocenters. The zero-order valence-corrected chi connectivity index (χ0v) is 34.5. The number of nitrogens with zero attached hydrogens (tertiary/aromatic N) is 2. The molecule has 8 aromatic rings. The van der Waals surface area contributed by atoms with Gasteiger partial charge in [0.2, 0.25) is 19.7 Å². The van der Waals surface area contributed by atoms with Crippen molar-refractivity contribution in [3.8, 4) is 22.3 Å². The Kier molecular flexibility index (Phi) is 8.02. The third-order valence-electron chi connectivity index (χ3n) is 11.7. The van der Waals surface area contributed by atoms with E-state index in [-0.39, 0.29) is 36.5 Å². The van der Waals surface area contributed by atoms with Crippen LogP contribution in [0.2, 0.25) is 0 Å². The topological polar surface area (TPSA) is 109 Å². The second-order valence-electron chi connectivity index (χ2n) is 15.1. The van der Waals surface area contributed by atoms with Gasteiger partial charge in [0.15, 0.2) is 5.78 Å². The lowest BCUT2D eigenvalue weighted by atomic mass is 9.96. The molecule has 0 atom stereocenters. The van der Waals surface area contributed by atoms with Crippen molar-refractivity contribution in [2.45, 2.75) is 29.4 Å². The number of carbonyl (C=O) groups excluding carboxylic acids is 1. The second-order valence-corrected chi connectivity index (χ2v) is 21.1. The maximum atomic E-state index is 14.5. The van der Waals surface area contributed by atoms with Crippen molar-refractivity contribution in [1.82, 2.24) is 0 Å². The van der Waals surface area contributed by atoms with E-state index in [2.05, 4.69) is 10.8 Å². The van der Waals surface area contributed by atoms with Gasteiger partial charge in [0.05, 0.1) is 52.1 Å². The fraction of sp³-hybridized carbons (Fsp3) is 0. The summed E-state index contributed by atoms with van der Waals surface area (Å²) in [7, 11) is -10.6. The fourth-order valence-corrected chi connectivity index (χ4v) is 13.9. The molecular weight excluding hydrogens is 821 g/mol. The largest absolute Gasteiger partial charge is 0.308 e. The van der Waals surface area contributed by atoms with E-state index in [1.54, 1.807) is 84.9 Å². The van der Waals surface area contributed by atoms with E-state index in [1.807, 2.05) is 102 Å². The lowest BCUT2D eigenvalue weighted by molar-refractivity contribution is 0.103. The molecule has 11 rings (SSSR count). The van der Waals surface area contributed by atoms with Crippen LogP contribution in [-0.2, 0) is 29.2 Å². The summed E-state index contributed by atoms with van der Waals surface area (Å²) in [6.45, 7) is 0. The monoisotopic (exact) mass is 852 g/mol. The molecule has 0 fully saturated rings. The normalized spacial score (nSPS) is 16.0.